The summed E-state index contributed by atoms with van der Waals surface area (Å²) in [5.74, 6) is -0.192. The second-order valence-corrected chi connectivity index (χ2v) is 5.48. The maximum absolute atomic E-state index is 13.6. The summed E-state index contributed by atoms with van der Waals surface area (Å²) >= 11 is 0. The number of nitrogens with one attached hydrogen (secondary N) is 1. The number of halogens is 1. The minimum Gasteiger partial charge on any atom is -0.247 e. The predicted molar refractivity (Wildman–Crippen MR) is 84.2 cm³/mol. The first-order valence-electron chi connectivity index (χ1n) is 7.28. The fourth-order valence-electron chi connectivity index (χ4n) is 2.66. The maximum atomic E-state index is 13.6. The molecule has 1 aromatic heterocycles. The molecular weight excluding hydrogens is 309 g/mol. The lowest BCUT2D eigenvalue weighted by Crippen LogP contribution is -2.36. The molecule has 2 aliphatic rings. The van der Waals surface area contributed by atoms with Crippen molar-refractivity contribution in [2.24, 2.45) is 0 Å². The number of rotatable bonds is 2. The number of nitriles is 1. The molecule has 1 unspecified atom stereocenters. The molecule has 0 fully saturated rings. The normalized spacial score (nSPS) is 18.9. The van der Waals surface area contributed by atoms with E-state index in [9.17, 15) is 4.39 Å². The van der Waals surface area contributed by atoms with Crippen LogP contribution in [-0.2, 0) is 0 Å². The minimum atomic E-state index is -0.527. The van der Waals surface area contributed by atoms with Crippen molar-refractivity contribution in [2.75, 3.05) is 5.01 Å². The van der Waals surface area contributed by atoms with Gasteiger partial charge in [0.1, 0.15) is 5.82 Å². The number of hydrazine groups is 1. The zero-order valence-electron chi connectivity index (χ0n) is 12.7. The second kappa shape index (κ2) is 5.40. The van der Waals surface area contributed by atoms with Gasteiger partial charge in [0.2, 0.25) is 0 Å². The van der Waals surface area contributed by atoms with E-state index in [1.807, 2.05) is 37.4 Å². The van der Waals surface area contributed by atoms with Crippen LogP contribution in [0.25, 0.3) is 5.69 Å². The molecule has 118 valence electrons. The van der Waals surface area contributed by atoms with E-state index in [0.29, 0.717) is 11.6 Å². The first-order chi connectivity index (χ1) is 11.6. The minimum absolute atomic E-state index is 0.0707. The van der Waals surface area contributed by atoms with E-state index in [-0.39, 0.29) is 11.6 Å². The van der Waals surface area contributed by atoms with Gasteiger partial charge in [-0.2, -0.15) is 5.26 Å². The van der Waals surface area contributed by atoms with Crippen LogP contribution in [0.5, 0.6) is 0 Å². The standard InChI is InChI=1S/C16H12FN7/c1-10-3-2-4-15-14(10)9-23(20-15)16-19-22-24(21-16)13-6-11(8-18)5-12(17)7-13/h2-7,9,15,20H,1H3. The van der Waals surface area contributed by atoms with Crippen molar-refractivity contribution < 1.29 is 4.39 Å². The van der Waals surface area contributed by atoms with Gasteiger partial charge in [-0.15, -0.1) is 9.90 Å². The molecule has 4 rings (SSSR count). The summed E-state index contributed by atoms with van der Waals surface area (Å²) in [6.07, 6.45) is 7.98. The number of aromatic nitrogens is 4. The molecule has 2 aromatic rings. The zero-order valence-corrected chi connectivity index (χ0v) is 12.7. The van der Waals surface area contributed by atoms with Gasteiger partial charge in [0.05, 0.1) is 23.4 Å². The van der Waals surface area contributed by atoms with Crippen LogP contribution in [0.15, 0.2) is 53.8 Å². The van der Waals surface area contributed by atoms with Crippen LogP contribution in [0.1, 0.15) is 12.5 Å². The van der Waals surface area contributed by atoms with Crippen molar-refractivity contribution >= 4 is 5.95 Å². The highest BCUT2D eigenvalue weighted by atomic mass is 19.1. The van der Waals surface area contributed by atoms with Crippen LogP contribution in [0.4, 0.5) is 10.3 Å². The third-order valence-corrected chi connectivity index (χ3v) is 3.85. The summed E-state index contributed by atoms with van der Waals surface area (Å²) in [5.41, 5.74) is 6.07. The smallest absolute Gasteiger partial charge is 0.247 e. The molecule has 7 nitrogen and oxygen atoms in total. The highest BCUT2D eigenvalue weighted by molar-refractivity contribution is 5.51. The van der Waals surface area contributed by atoms with Gasteiger partial charge in [0.15, 0.2) is 0 Å². The maximum Gasteiger partial charge on any atom is 0.284 e. The van der Waals surface area contributed by atoms with Gasteiger partial charge in [-0.25, -0.2) is 14.8 Å². The fourth-order valence-corrected chi connectivity index (χ4v) is 2.66. The first kappa shape index (κ1) is 14.3. The lowest BCUT2D eigenvalue weighted by Gasteiger charge is -2.16. The Balaban J connectivity index is 1.65. The van der Waals surface area contributed by atoms with Crippen LogP contribution >= 0.6 is 0 Å². The Morgan fingerprint density at radius 1 is 1.33 bits per heavy atom. The Morgan fingerprint density at radius 2 is 2.21 bits per heavy atom. The number of anilines is 1. The van der Waals surface area contributed by atoms with Crippen LogP contribution in [-0.4, -0.2) is 26.2 Å². The van der Waals surface area contributed by atoms with E-state index in [1.165, 1.54) is 16.9 Å². The average Bonchev–Trinajstić information content (AvgIpc) is 3.21. The van der Waals surface area contributed by atoms with Crippen molar-refractivity contribution in [3.8, 4) is 11.8 Å². The zero-order chi connectivity index (χ0) is 16.7. The van der Waals surface area contributed by atoms with Crippen LogP contribution in [0.2, 0.25) is 0 Å². The highest BCUT2D eigenvalue weighted by Gasteiger charge is 2.27. The van der Waals surface area contributed by atoms with E-state index in [1.54, 1.807) is 5.01 Å². The molecule has 1 atom stereocenters. The monoisotopic (exact) mass is 321 g/mol. The topological polar surface area (TPSA) is 82.7 Å². The lowest BCUT2D eigenvalue weighted by molar-refractivity contribution is 0.620. The predicted octanol–water partition coefficient (Wildman–Crippen LogP) is 1.77. The fraction of sp³-hybridized carbons (Fsp3) is 0.125. The lowest BCUT2D eigenvalue weighted by atomic mass is 9.97. The quantitative estimate of drug-likeness (QED) is 0.907. The van der Waals surface area contributed by atoms with Gasteiger partial charge in [0, 0.05) is 12.3 Å². The van der Waals surface area contributed by atoms with Crippen LogP contribution in [0, 0.1) is 17.1 Å². The van der Waals surface area contributed by atoms with Gasteiger partial charge in [-0.3, -0.25) is 0 Å². The van der Waals surface area contributed by atoms with E-state index in [2.05, 4.69) is 20.8 Å². The highest BCUT2D eigenvalue weighted by Crippen LogP contribution is 2.26. The number of fused-ring (bicyclic) bond motifs is 1. The van der Waals surface area contributed by atoms with Gasteiger partial charge in [0.25, 0.3) is 5.95 Å². The average molecular weight is 321 g/mol. The van der Waals surface area contributed by atoms with Crippen molar-refractivity contribution in [3.63, 3.8) is 0 Å². The number of hydrogen-bond acceptors (Lipinski definition) is 6. The molecule has 1 N–H and O–H groups in total. The van der Waals surface area contributed by atoms with Crippen molar-refractivity contribution in [1.29, 1.82) is 5.26 Å². The molecular formula is C16H12FN7. The number of nitrogens with zero attached hydrogens (tertiary/aromatic N) is 6. The van der Waals surface area contributed by atoms with Crippen LogP contribution in [0.3, 0.4) is 0 Å². The third-order valence-electron chi connectivity index (χ3n) is 3.85. The van der Waals surface area contributed by atoms with Gasteiger partial charge in [-0.1, -0.05) is 23.3 Å². The van der Waals surface area contributed by atoms with Crippen molar-refractivity contribution in [1.82, 2.24) is 25.6 Å². The largest absolute Gasteiger partial charge is 0.284 e. The first-order valence-corrected chi connectivity index (χ1v) is 7.28. The Morgan fingerprint density at radius 3 is 3.00 bits per heavy atom. The van der Waals surface area contributed by atoms with Crippen LogP contribution < -0.4 is 10.4 Å². The molecule has 0 bridgehead atoms. The number of tetrazole rings is 1. The molecule has 2 heterocycles. The third kappa shape index (κ3) is 2.37. The van der Waals surface area contributed by atoms with E-state index in [0.717, 1.165) is 17.2 Å². The summed E-state index contributed by atoms with van der Waals surface area (Å²) in [7, 11) is 0. The molecule has 0 amide bonds. The molecule has 1 aliphatic heterocycles. The van der Waals surface area contributed by atoms with Crippen molar-refractivity contribution in [3.05, 3.63) is 65.2 Å². The molecule has 8 heteroatoms. The molecule has 0 saturated heterocycles. The second-order valence-electron chi connectivity index (χ2n) is 5.48. The summed E-state index contributed by atoms with van der Waals surface area (Å²) in [4.78, 5) is 1.19. The number of benzene rings is 1. The Hall–Kier alpha value is -3.31. The molecule has 1 aromatic carbocycles. The Bertz CT molecular complexity index is 948. The van der Waals surface area contributed by atoms with E-state index >= 15 is 0 Å². The molecule has 0 saturated carbocycles. The Kier molecular flexibility index (Phi) is 3.22. The molecule has 1 aliphatic carbocycles. The van der Waals surface area contributed by atoms with Gasteiger partial charge >= 0.3 is 0 Å². The molecule has 0 spiro atoms. The summed E-state index contributed by atoms with van der Waals surface area (Å²) in [6.45, 7) is 2.04. The number of hydrogen-bond donors (Lipinski definition) is 1. The summed E-state index contributed by atoms with van der Waals surface area (Å²) in [5, 5.41) is 22.8. The van der Waals surface area contributed by atoms with Crippen molar-refractivity contribution in [2.45, 2.75) is 13.0 Å². The van der Waals surface area contributed by atoms with Gasteiger partial charge < -0.3 is 0 Å². The van der Waals surface area contributed by atoms with E-state index < -0.39 is 5.82 Å². The number of allylic oxidation sites excluding steroid dienone is 2. The summed E-state index contributed by atoms with van der Waals surface area (Å²) in [6, 6.07) is 5.87. The van der Waals surface area contributed by atoms with Gasteiger partial charge in [-0.05, 0) is 35.4 Å². The molecule has 24 heavy (non-hydrogen) atoms. The molecule has 0 radical (unpaired) electrons. The SMILES string of the molecule is CC1=CC=CC2NN(c3nnn(-c4cc(F)cc(C#N)c4)n3)C=C12. The van der Waals surface area contributed by atoms with E-state index in [4.69, 9.17) is 5.26 Å². The Labute approximate surface area is 137 Å². The summed E-state index contributed by atoms with van der Waals surface area (Å²) < 4.78 is 13.6.